The molecule has 0 amide bonds. The number of benzene rings is 1. The maximum absolute atomic E-state index is 5.42. The first-order valence-corrected chi connectivity index (χ1v) is 6.77. The van der Waals surface area contributed by atoms with Crippen molar-refractivity contribution in [2.24, 2.45) is 10.2 Å². The van der Waals surface area contributed by atoms with E-state index in [2.05, 4.69) is 24.1 Å². The van der Waals surface area contributed by atoms with Crippen molar-refractivity contribution in [2.45, 2.75) is 26.2 Å². The summed E-state index contributed by atoms with van der Waals surface area (Å²) in [4.78, 5) is 4.73. The summed E-state index contributed by atoms with van der Waals surface area (Å²) in [5.74, 6) is 1.87. The Morgan fingerprint density at radius 2 is 2.00 bits per heavy atom. The highest BCUT2D eigenvalue weighted by Crippen LogP contribution is 2.39. The van der Waals surface area contributed by atoms with E-state index in [4.69, 9.17) is 14.5 Å². The molecule has 0 spiro atoms. The van der Waals surface area contributed by atoms with Gasteiger partial charge in [0, 0.05) is 24.2 Å². The molecule has 0 bridgehead atoms. The normalized spacial score (nSPS) is 15.2. The smallest absolute Gasteiger partial charge is 0.231 e. The summed E-state index contributed by atoms with van der Waals surface area (Å²) in [6.07, 6.45) is 1.03. The minimum absolute atomic E-state index is 0.258. The fourth-order valence-electron chi connectivity index (χ4n) is 2.27. The Hall–Kier alpha value is -2.17. The van der Waals surface area contributed by atoms with Gasteiger partial charge in [-0.2, -0.15) is 10.2 Å². The lowest BCUT2D eigenvalue weighted by molar-refractivity contribution is 0.174. The molecule has 2 heterocycles. The third-order valence-corrected chi connectivity index (χ3v) is 3.63. The molecule has 1 atom stereocenters. The van der Waals surface area contributed by atoms with E-state index in [9.17, 15) is 0 Å². The number of hydrogen-bond acceptors (Lipinski definition) is 5. The summed E-state index contributed by atoms with van der Waals surface area (Å²) in [5, 5.41) is 9.06. The van der Waals surface area contributed by atoms with Crippen LogP contribution in [0.3, 0.4) is 0 Å². The zero-order chi connectivity index (χ0) is 14.1. The van der Waals surface area contributed by atoms with Crippen LogP contribution in [0.2, 0.25) is 0 Å². The lowest BCUT2D eigenvalue weighted by atomic mass is 10.0. The van der Waals surface area contributed by atoms with Crippen molar-refractivity contribution in [2.75, 3.05) is 13.8 Å². The van der Waals surface area contributed by atoms with Crippen molar-refractivity contribution in [3.63, 3.8) is 0 Å². The van der Waals surface area contributed by atoms with E-state index in [1.54, 1.807) is 7.05 Å². The summed E-state index contributed by atoms with van der Waals surface area (Å²) in [6.45, 7) is 4.57. The van der Waals surface area contributed by atoms with E-state index in [1.165, 1.54) is 0 Å². The molecule has 0 N–H and O–H groups in total. The number of azo groups is 1. The Balaban J connectivity index is 2.25. The second-order valence-electron chi connectivity index (χ2n) is 4.90. The SMILES string of the molecule is CCC(C)c1cc(N=NC)c2cc3c(cc2n1)OCO3. The third kappa shape index (κ3) is 2.09. The van der Waals surface area contributed by atoms with Gasteiger partial charge in [-0.1, -0.05) is 13.8 Å². The largest absolute Gasteiger partial charge is 0.454 e. The number of aromatic nitrogens is 1. The van der Waals surface area contributed by atoms with Gasteiger partial charge < -0.3 is 9.47 Å². The van der Waals surface area contributed by atoms with E-state index >= 15 is 0 Å². The van der Waals surface area contributed by atoms with Gasteiger partial charge in [0.05, 0.1) is 11.2 Å². The maximum atomic E-state index is 5.42. The minimum Gasteiger partial charge on any atom is -0.454 e. The summed E-state index contributed by atoms with van der Waals surface area (Å²) < 4.78 is 10.8. The second-order valence-corrected chi connectivity index (χ2v) is 4.90. The van der Waals surface area contributed by atoms with E-state index in [0.29, 0.717) is 5.92 Å². The summed E-state index contributed by atoms with van der Waals surface area (Å²) >= 11 is 0. The van der Waals surface area contributed by atoms with Crippen LogP contribution < -0.4 is 9.47 Å². The first kappa shape index (κ1) is 12.8. The second kappa shape index (κ2) is 5.07. The van der Waals surface area contributed by atoms with Crippen LogP contribution in [0.5, 0.6) is 11.5 Å². The number of hydrogen-bond donors (Lipinski definition) is 0. The predicted octanol–water partition coefficient (Wildman–Crippen LogP) is 4.19. The number of pyridine rings is 1. The van der Waals surface area contributed by atoms with Crippen molar-refractivity contribution in [1.82, 2.24) is 4.98 Å². The molecular weight excluding hydrogens is 254 g/mol. The Morgan fingerprint density at radius 3 is 2.70 bits per heavy atom. The molecule has 3 rings (SSSR count). The average Bonchev–Trinajstić information content (AvgIpc) is 2.91. The number of ether oxygens (including phenoxy) is 2. The van der Waals surface area contributed by atoms with Gasteiger partial charge >= 0.3 is 0 Å². The molecule has 104 valence electrons. The molecule has 5 heteroatoms. The number of rotatable bonds is 3. The van der Waals surface area contributed by atoms with Crippen molar-refractivity contribution in [1.29, 1.82) is 0 Å². The molecule has 0 saturated heterocycles. The monoisotopic (exact) mass is 271 g/mol. The number of nitrogens with zero attached hydrogens (tertiary/aromatic N) is 3. The Kier molecular flexibility index (Phi) is 3.26. The highest BCUT2D eigenvalue weighted by Gasteiger charge is 2.18. The zero-order valence-electron chi connectivity index (χ0n) is 11.9. The molecule has 20 heavy (non-hydrogen) atoms. The average molecular weight is 271 g/mol. The molecule has 2 aromatic rings. The van der Waals surface area contributed by atoms with Crippen LogP contribution in [0.1, 0.15) is 31.9 Å². The van der Waals surface area contributed by atoms with Crippen LogP contribution in [0.25, 0.3) is 10.9 Å². The van der Waals surface area contributed by atoms with Gasteiger partial charge in [-0.3, -0.25) is 4.98 Å². The van der Waals surface area contributed by atoms with Gasteiger partial charge in [0.15, 0.2) is 11.5 Å². The Bertz CT molecular complexity index is 682. The summed E-state index contributed by atoms with van der Waals surface area (Å²) in [5.41, 5.74) is 2.72. The van der Waals surface area contributed by atoms with Crippen LogP contribution in [0.4, 0.5) is 5.69 Å². The van der Waals surface area contributed by atoms with E-state index < -0.39 is 0 Å². The molecule has 1 aromatic heterocycles. The minimum atomic E-state index is 0.258. The van der Waals surface area contributed by atoms with E-state index in [1.807, 2.05) is 18.2 Å². The quantitative estimate of drug-likeness (QED) is 0.786. The topological polar surface area (TPSA) is 56.1 Å². The highest BCUT2D eigenvalue weighted by molar-refractivity contribution is 5.92. The first-order valence-electron chi connectivity index (χ1n) is 6.77. The third-order valence-electron chi connectivity index (χ3n) is 3.63. The molecule has 0 saturated carbocycles. The Morgan fingerprint density at radius 1 is 1.25 bits per heavy atom. The van der Waals surface area contributed by atoms with Gasteiger partial charge in [-0.15, -0.1) is 0 Å². The summed E-state index contributed by atoms with van der Waals surface area (Å²) in [6, 6.07) is 5.85. The highest BCUT2D eigenvalue weighted by atomic mass is 16.7. The van der Waals surface area contributed by atoms with Gasteiger partial charge in [0.25, 0.3) is 0 Å². The van der Waals surface area contributed by atoms with Crippen LogP contribution in [-0.2, 0) is 0 Å². The van der Waals surface area contributed by atoms with Gasteiger partial charge in [0.2, 0.25) is 6.79 Å². The van der Waals surface area contributed by atoms with Crippen molar-refractivity contribution < 1.29 is 9.47 Å². The molecule has 0 radical (unpaired) electrons. The lowest BCUT2D eigenvalue weighted by Crippen LogP contribution is -1.96. The molecule has 1 unspecified atom stereocenters. The molecule has 0 aliphatic carbocycles. The van der Waals surface area contributed by atoms with E-state index in [0.717, 1.165) is 40.2 Å². The van der Waals surface area contributed by atoms with Crippen LogP contribution in [0, 0.1) is 0 Å². The van der Waals surface area contributed by atoms with Crippen molar-refractivity contribution in [3.8, 4) is 11.5 Å². The van der Waals surface area contributed by atoms with Crippen molar-refractivity contribution in [3.05, 3.63) is 23.9 Å². The maximum Gasteiger partial charge on any atom is 0.231 e. The molecular formula is C15H17N3O2. The molecule has 1 aliphatic heterocycles. The zero-order valence-corrected chi connectivity index (χ0v) is 11.9. The fourth-order valence-corrected chi connectivity index (χ4v) is 2.27. The fraction of sp³-hybridized carbons (Fsp3) is 0.400. The van der Waals surface area contributed by atoms with E-state index in [-0.39, 0.29) is 6.79 Å². The van der Waals surface area contributed by atoms with Crippen LogP contribution in [-0.4, -0.2) is 18.8 Å². The molecule has 1 aliphatic rings. The van der Waals surface area contributed by atoms with Gasteiger partial charge in [-0.25, -0.2) is 0 Å². The molecule has 0 fully saturated rings. The molecule has 5 nitrogen and oxygen atoms in total. The van der Waals surface area contributed by atoms with Crippen LogP contribution in [0.15, 0.2) is 28.4 Å². The summed E-state index contributed by atoms with van der Waals surface area (Å²) in [7, 11) is 1.67. The Labute approximate surface area is 117 Å². The first-order chi connectivity index (χ1) is 9.72. The lowest BCUT2D eigenvalue weighted by Gasteiger charge is -2.11. The standard InChI is InChI=1S/C15H17N3O2/c1-4-9(2)11-6-13(18-16-3)10-5-14-15(20-8-19-14)7-12(10)17-11/h5-7,9H,4,8H2,1-3H3. The molecule has 1 aromatic carbocycles. The van der Waals surface area contributed by atoms with Gasteiger partial charge in [0.1, 0.15) is 0 Å². The van der Waals surface area contributed by atoms with Gasteiger partial charge in [-0.05, 0) is 24.5 Å². The van der Waals surface area contributed by atoms with Crippen molar-refractivity contribution >= 4 is 16.6 Å². The van der Waals surface area contributed by atoms with Crippen LogP contribution >= 0.6 is 0 Å². The number of fused-ring (bicyclic) bond motifs is 2. The predicted molar refractivity (Wildman–Crippen MR) is 77.0 cm³/mol.